The first-order valence-corrected chi connectivity index (χ1v) is 18.0. The molecule has 8 aromatic carbocycles. The van der Waals surface area contributed by atoms with E-state index in [4.69, 9.17) is 28.7 Å². The molecule has 0 N–H and O–H groups in total. The van der Waals surface area contributed by atoms with Crippen LogP contribution in [0.25, 0.3) is 106 Å². The van der Waals surface area contributed by atoms with Crippen molar-refractivity contribution < 1.29 is 20.6 Å². The minimum Gasteiger partial charge on any atom is -0.309 e. The molecule has 0 fully saturated rings. The van der Waals surface area contributed by atoms with Crippen LogP contribution in [-0.2, 0) is 0 Å². The molecule has 0 bridgehead atoms. The summed E-state index contributed by atoms with van der Waals surface area (Å²) in [5.41, 5.74) is 1.74. The molecule has 0 amide bonds. The lowest BCUT2D eigenvalue weighted by Crippen LogP contribution is -2.06. The molecule has 0 atom stereocenters. The summed E-state index contributed by atoms with van der Waals surface area (Å²) in [6.07, 6.45) is 0. The number of fused-ring (bicyclic) bond motifs is 9. The van der Waals surface area contributed by atoms with Crippen molar-refractivity contribution in [2.24, 2.45) is 0 Å². The molecule has 0 aliphatic heterocycles. The molecule has 0 radical (unpaired) electrons. The van der Waals surface area contributed by atoms with Crippen LogP contribution in [0.2, 0.25) is 0 Å². The van der Waals surface area contributed by atoms with E-state index in [0.717, 1.165) is 31.9 Å². The topological polar surface area (TPSA) is 53.5 Å². The van der Waals surface area contributed by atoms with Crippen molar-refractivity contribution in [1.29, 1.82) is 0 Å². The van der Waals surface area contributed by atoms with Crippen LogP contribution in [0.5, 0.6) is 0 Å². The van der Waals surface area contributed by atoms with E-state index in [0.29, 0.717) is 23.2 Å². The lowest BCUT2D eigenvalue weighted by molar-refractivity contribution is 0.953. The van der Waals surface area contributed by atoms with E-state index in [2.05, 4.69) is 0 Å². The Bertz CT molecular complexity index is 4260. The van der Waals surface area contributed by atoms with E-state index in [9.17, 15) is 6.85 Å². The van der Waals surface area contributed by atoms with Crippen molar-refractivity contribution in [2.45, 2.75) is 0 Å². The number of aromatic nitrogens is 6. The molecule has 6 nitrogen and oxygen atoms in total. The first-order chi connectivity index (χ1) is 34.5. The molecule has 0 saturated carbocycles. The van der Waals surface area contributed by atoms with Crippen molar-refractivity contribution in [3.63, 3.8) is 0 Å². The van der Waals surface area contributed by atoms with Crippen molar-refractivity contribution in [3.05, 3.63) is 194 Å². The highest BCUT2D eigenvalue weighted by molar-refractivity contribution is 6.12. The van der Waals surface area contributed by atoms with E-state index in [1.54, 1.807) is 24.3 Å². The van der Waals surface area contributed by atoms with Gasteiger partial charge in [0.15, 0.2) is 11.6 Å². The Balaban J connectivity index is 1.13. The minimum absolute atomic E-state index is 0.131. The molecule has 0 spiro atoms. The maximum absolute atomic E-state index is 9.91. The Kier molecular flexibility index (Phi) is 4.37. The molecule has 266 valence electrons. The predicted octanol–water partition coefficient (Wildman–Crippen LogP) is 12.5. The molecular weight excluding hydrogens is 697 g/mol. The Morgan fingerprint density at radius 2 is 0.807 bits per heavy atom. The average molecular weight is 744 g/mol. The number of nitrogens with zero attached hydrogens (tertiary/aromatic N) is 6. The minimum atomic E-state index is -0.720. The molecule has 0 saturated heterocycles. The Morgan fingerprint density at radius 1 is 0.333 bits per heavy atom. The largest absolute Gasteiger partial charge is 0.309 e. The highest BCUT2D eigenvalue weighted by Gasteiger charge is 2.19. The van der Waals surface area contributed by atoms with Crippen LogP contribution in [0, 0.1) is 0 Å². The van der Waals surface area contributed by atoms with Crippen molar-refractivity contribution in [3.8, 4) is 40.1 Å². The Morgan fingerprint density at radius 3 is 1.40 bits per heavy atom. The highest BCUT2D eigenvalue weighted by atomic mass is 15.2. The maximum Gasteiger partial charge on any atom is 0.238 e. The van der Waals surface area contributed by atoms with E-state index in [1.807, 2.05) is 83.4 Å². The summed E-state index contributed by atoms with van der Waals surface area (Å²) in [6.45, 7) is 0. The lowest BCUT2D eigenvalue weighted by atomic mass is 10.1. The number of hydrogen-bond donors (Lipinski definition) is 0. The van der Waals surface area contributed by atoms with Gasteiger partial charge in [-0.15, -0.1) is 0 Å². The van der Waals surface area contributed by atoms with Gasteiger partial charge in [0.2, 0.25) is 5.95 Å². The molecule has 57 heavy (non-hydrogen) atoms. The molecule has 12 aromatic rings. The van der Waals surface area contributed by atoms with Crippen molar-refractivity contribution in [1.82, 2.24) is 28.7 Å². The highest BCUT2D eigenvalue weighted by Crippen LogP contribution is 2.38. The third-order valence-corrected chi connectivity index (χ3v) is 10.2. The Labute approximate surface area is 348 Å². The molecular formula is C51H32N6. The van der Waals surface area contributed by atoms with Crippen molar-refractivity contribution >= 4 is 65.4 Å². The van der Waals surface area contributed by atoms with Crippen LogP contribution in [0.4, 0.5) is 0 Å². The fraction of sp³-hybridized carbons (Fsp3) is 0. The van der Waals surface area contributed by atoms with Gasteiger partial charge >= 0.3 is 0 Å². The summed E-state index contributed by atoms with van der Waals surface area (Å²) >= 11 is 0. The van der Waals surface area contributed by atoms with Crippen LogP contribution in [0.3, 0.4) is 0 Å². The lowest BCUT2D eigenvalue weighted by Gasteiger charge is -2.12. The zero-order chi connectivity index (χ0) is 50.5. The summed E-state index contributed by atoms with van der Waals surface area (Å²) < 4.78 is 140. The summed E-state index contributed by atoms with van der Waals surface area (Å²) in [5.74, 6) is 1.05. The molecule has 4 aromatic heterocycles. The van der Waals surface area contributed by atoms with Gasteiger partial charge in [-0.25, -0.2) is 4.98 Å². The number of hydrogen-bond acceptors (Lipinski definition) is 3. The third kappa shape index (κ3) is 4.81. The first-order valence-electron chi connectivity index (χ1n) is 25.5. The quantitative estimate of drug-likeness (QED) is 0.176. The second-order valence-corrected chi connectivity index (χ2v) is 13.4. The van der Waals surface area contributed by atoms with E-state index in [1.165, 1.54) is 4.57 Å². The van der Waals surface area contributed by atoms with Crippen LogP contribution in [-0.4, -0.2) is 28.7 Å². The zero-order valence-electron chi connectivity index (χ0n) is 44.5. The molecule has 4 heterocycles. The van der Waals surface area contributed by atoms with Gasteiger partial charge in [-0.05, 0) is 72.7 Å². The molecule has 0 aliphatic carbocycles. The summed E-state index contributed by atoms with van der Waals surface area (Å²) in [7, 11) is 0. The molecule has 0 aliphatic rings. The summed E-state index contributed by atoms with van der Waals surface area (Å²) in [5, 5.41) is 1.02. The summed E-state index contributed by atoms with van der Waals surface area (Å²) in [6, 6.07) is 22.4. The number of rotatable bonds is 5. The predicted molar refractivity (Wildman–Crippen MR) is 234 cm³/mol. The van der Waals surface area contributed by atoms with Crippen LogP contribution >= 0.6 is 0 Å². The van der Waals surface area contributed by atoms with E-state index in [-0.39, 0.29) is 49.3 Å². The fourth-order valence-corrected chi connectivity index (χ4v) is 7.73. The van der Waals surface area contributed by atoms with Crippen LogP contribution in [0.15, 0.2) is 194 Å². The monoisotopic (exact) mass is 743 g/mol. The zero-order valence-corrected chi connectivity index (χ0v) is 29.5. The fourth-order valence-electron chi connectivity index (χ4n) is 7.73. The second kappa shape index (κ2) is 12.3. The first kappa shape index (κ1) is 20.2. The normalized spacial score (nSPS) is 15.5. The SMILES string of the molecule is [2H]c1c([2H])c([2H])c2c(c1[2H])c1c([2H])c(-n3c4c([2H])c([2H])c([2H])c([2H])c4c4c([2H])c([2H])c([2H])c([2H])c43)c([2H])c([2H])c1n2-c1ccc(-c2nc(-c3ccccc3)nc(-n3c4ccccc4c4ccccc43)n2)cc1. The van der Waals surface area contributed by atoms with Gasteiger partial charge < -0.3 is 9.13 Å². The van der Waals surface area contributed by atoms with E-state index < -0.39 is 96.3 Å². The van der Waals surface area contributed by atoms with E-state index >= 15 is 0 Å². The third-order valence-electron chi connectivity index (χ3n) is 10.2. The van der Waals surface area contributed by atoms with Crippen molar-refractivity contribution in [2.75, 3.05) is 0 Å². The Hall–Kier alpha value is -7.83. The van der Waals surface area contributed by atoms with Gasteiger partial charge in [0.25, 0.3) is 0 Å². The molecule has 6 heteroatoms. The average Bonchev–Trinajstić information content (AvgIpc) is 4.07. The maximum atomic E-state index is 9.91. The van der Waals surface area contributed by atoms with Gasteiger partial charge in [-0.1, -0.05) is 121 Å². The molecule has 12 rings (SSSR count). The van der Waals surface area contributed by atoms with Gasteiger partial charge in [0.1, 0.15) is 0 Å². The number of para-hydroxylation sites is 5. The number of benzene rings is 8. The molecule has 0 unspecified atom stereocenters. The standard InChI is InChI=1S/C51H32N6/c1-2-14-33(15-3-1)49-52-50(54-51(53-49)57-46-24-12-6-18-39(46)40-19-7-13-25-47(40)57)34-26-28-35(29-27-34)55-45-23-11-8-20-41(45)42-32-36(30-31-48(42)55)56-43-21-9-4-16-37(43)38-17-5-10-22-44(38)56/h1-32H/i4D,5D,8D,9D,10D,11D,16D,17D,20D,21D,22D,23D,30D,31D,32D. The van der Waals surface area contributed by atoms with Gasteiger partial charge in [-0.3, -0.25) is 4.57 Å². The smallest absolute Gasteiger partial charge is 0.238 e. The van der Waals surface area contributed by atoms with Crippen LogP contribution in [0.1, 0.15) is 20.6 Å². The second-order valence-electron chi connectivity index (χ2n) is 13.4. The van der Waals surface area contributed by atoms with Gasteiger partial charge in [-0.2, -0.15) is 9.97 Å². The van der Waals surface area contributed by atoms with Gasteiger partial charge in [0, 0.05) is 54.8 Å². The van der Waals surface area contributed by atoms with Gasteiger partial charge in [0.05, 0.1) is 53.7 Å². The van der Waals surface area contributed by atoms with Crippen LogP contribution < -0.4 is 0 Å². The summed E-state index contributed by atoms with van der Waals surface area (Å²) in [4.78, 5) is 14.9.